The van der Waals surface area contributed by atoms with Crippen molar-refractivity contribution < 1.29 is 14.3 Å². The van der Waals surface area contributed by atoms with Gasteiger partial charge in [0.25, 0.3) is 0 Å². The van der Waals surface area contributed by atoms with E-state index in [1.807, 2.05) is 4.90 Å². The normalized spacial score (nSPS) is 26.9. The number of carbonyl (C=O) groups is 2. The molecule has 0 aromatic rings. The zero-order chi connectivity index (χ0) is 15.3. The standard InChI is InChI=1S/C15H27N3O3/c1-3-15(7-4-8-16-15)14(20)17-12-5-9-18(10-6-12)13(19)11-21-2/h12,16H,3-11H2,1-2H3,(H,17,20). The van der Waals surface area contributed by atoms with Gasteiger partial charge in [-0.2, -0.15) is 0 Å². The minimum atomic E-state index is -0.372. The zero-order valence-corrected chi connectivity index (χ0v) is 13.1. The molecule has 1 unspecified atom stereocenters. The first-order valence-electron chi connectivity index (χ1n) is 7.94. The zero-order valence-electron chi connectivity index (χ0n) is 13.1. The molecular weight excluding hydrogens is 270 g/mol. The Morgan fingerprint density at radius 1 is 1.38 bits per heavy atom. The summed E-state index contributed by atoms with van der Waals surface area (Å²) in [6, 6.07) is 0.176. The maximum Gasteiger partial charge on any atom is 0.248 e. The first-order chi connectivity index (χ1) is 10.1. The molecular formula is C15H27N3O3. The van der Waals surface area contributed by atoms with Crippen LogP contribution in [0.1, 0.15) is 39.0 Å². The molecule has 2 aliphatic rings. The van der Waals surface area contributed by atoms with E-state index < -0.39 is 0 Å². The van der Waals surface area contributed by atoms with Gasteiger partial charge in [-0.25, -0.2) is 0 Å². The Morgan fingerprint density at radius 2 is 2.10 bits per heavy atom. The van der Waals surface area contributed by atoms with Crippen molar-refractivity contribution in [1.29, 1.82) is 0 Å². The van der Waals surface area contributed by atoms with Crippen LogP contribution in [0, 0.1) is 0 Å². The van der Waals surface area contributed by atoms with Gasteiger partial charge in [-0.05, 0) is 38.6 Å². The number of nitrogens with one attached hydrogen (secondary N) is 2. The number of methoxy groups -OCH3 is 1. The van der Waals surface area contributed by atoms with Gasteiger partial charge >= 0.3 is 0 Å². The Kier molecular flexibility index (Phi) is 5.58. The topological polar surface area (TPSA) is 70.7 Å². The number of nitrogens with zero attached hydrogens (tertiary/aromatic N) is 1. The van der Waals surface area contributed by atoms with E-state index in [2.05, 4.69) is 17.6 Å². The average molecular weight is 297 g/mol. The monoisotopic (exact) mass is 297 g/mol. The van der Waals surface area contributed by atoms with Crippen molar-refractivity contribution in [2.24, 2.45) is 0 Å². The van der Waals surface area contributed by atoms with Gasteiger partial charge in [0.2, 0.25) is 11.8 Å². The van der Waals surface area contributed by atoms with Gasteiger partial charge in [-0.3, -0.25) is 9.59 Å². The third kappa shape index (κ3) is 3.74. The van der Waals surface area contributed by atoms with Crippen molar-refractivity contribution in [3.63, 3.8) is 0 Å². The van der Waals surface area contributed by atoms with Gasteiger partial charge in [0.15, 0.2) is 0 Å². The summed E-state index contributed by atoms with van der Waals surface area (Å²) in [5.41, 5.74) is -0.372. The van der Waals surface area contributed by atoms with Gasteiger partial charge < -0.3 is 20.3 Å². The Balaban J connectivity index is 1.80. The second-order valence-electron chi connectivity index (χ2n) is 6.03. The molecule has 2 aliphatic heterocycles. The summed E-state index contributed by atoms with van der Waals surface area (Å²) in [6.07, 6.45) is 4.44. The molecule has 0 spiro atoms. The molecule has 1 atom stereocenters. The van der Waals surface area contributed by atoms with E-state index in [1.165, 1.54) is 7.11 Å². The highest BCUT2D eigenvalue weighted by Crippen LogP contribution is 2.24. The Bertz CT molecular complexity index is 372. The lowest BCUT2D eigenvalue weighted by molar-refractivity contribution is -0.136. The molecule has 6 heteroatoms. The average Bonchev–Trinajstić information content (AvgIpc) is 2.98. The molecule has 6 nitrogen and oxygen atoms in total. The fourth-order valence-corrected chi connectivity index (χ4v) is 3.27. The first-order valence-corrected chi connectivity index (χ1v) is 7.94. The SMILES string of the molecule is CCC1(C(=O)NC2CCN(C(=O)COC)CC2)CCCN1. The van der Waals surface area contributed by atoms with E-state index in [9.17, 15) is 9.59 Å². The van der Waals surface area contributed by atoms with Crippen molar-refractivity contribution >= 4 is 11.8 Å². The Morgan fingerprint density at radius 3 is 2.62 bits per heavy atom. The minimum absolute atomic E-state index is 0.0322. The number of amides is 2. The fourth-order valence-electron chi connectivity index (χ4n) is 3.27. The van der Waals surface area contributed by atoms with Crippen molar-refractivity contribution in [3.8, 4) is 0 Å². The fraction of sp³-hybridized carbons (Fsp3) is 0.867. The van der Waals surface area contributed by atoms with Gasteiger partial charge in [0.05, 0.1) is 5.54 Å². The summed E-state index contributed by atoms with van der Waals surface area (Å²) in [5, 5.41) is 6.53. The number of hydrogen-bond acceptors (Lipinski definition) is 4. The maximum absolute atomic E-state index is 12.5. The second kappa shape index (κ2) is 7.22. The van der Waals surface area contributed by atoms with Crippen LogP contribution in [0.2, 0.25) is 0 Å². The quantitative estimate of drug-likeness (QED) is 0.764. The minimum Gasteiger partial charge on any atom is -0.375 e. The molecule has 0 radical (unpaired) electrons. The Hall–Kier alpha value is -1.14. The highest BCUT2D eigenvalue weighted by atomic mass is 16.5. The van der Waals surface area contributed by atoms with E-state index >= 15 is 0 Å². The predicted octanol–water partition coefficient (Wildman–Crippen LogP) is 0.272. The van der Waals surface area contributed by atoms with Crippen molar-refractivity contribution in [2.75, 3.05) is 33.4 Å². The molecule has 2 heterocycles. The largest absolute Gasteiger partial charge is 0.375 e. The third-order valence-corrected chi connectivity index (χ3v) is 4.73. The molecule has 2 rings (SSSR count). The van der Waals surface area contributed by atoms with Crippen LogP contribution in [0.5, 0.6) is 0 Å². The van der Waals surface area contributed by atoms with Crippen molar-refractivity contribution in [2.45, 2.75) is 50.6 Å². The number of hydrogen-bond donors (Lipinski definition) is 2. The van der Waals surface area contributed by atoms with Crippen LogP contribution in [0.15, 0.2) is 0 Å². The number of carbonyl (C=O) groups excluding carboxylic acids is 2. The third-order valence-electron chi connectivity index (χ3n) is 4.73. The summed E-state index contributed by atoms with van der Waals surface area (Å²) in [4.78, 5) is 26.1. The van der Waals surface area contributed by atoms with E-state index in [-0.39, 0.29) is 30.0 Å². The number of piperidine rings is 1. The summed E-state index contributed by atoms with van der Waals surface area (Å²) in [6.45, 7) is 4.51. The summed E-state index contributed by atoms with van der Waals surface area (Å²) < 4.78 is 4.87. The highest BCUT2D eigenvalue weighted by Gasteiger charge is 2.40. The first kappa shape index (κ1) is 16.2. The van der Waals surface area contributed by atoms with E-state index in [1.54, 1.807) is 0 Å². The molecule has 21 heavy (non-hydrogen) atoms. The summed E-state index contributed by atoms with van der Waals surface area (Å²) in [5.74, 6) is 0.161. The molecule has 2 N–H and O–H groups in total. The van der Waals surface area contributed by atoms with E-state index in [0.717, 1.165) is 38.6 Å². The maximum atomic E-state index is 12.5. The lowest BCUT2D eigenvalue weighted by atomic mass is 9.92. The van der Waals surface area contributed by atoms with E-state index in [0.29, 0.717) is 13.1 Å². The number of rotatable bonds is 5. The molecule has 0 aliphatic carbocycles. The second-order valence-corrected chi connectivity index (χ2v) is 6.03. The van der Waals surface area contributed by atoms with Crippen LogP contribution in [-0.4, -0.2) is 61.6 Å². The van der Waals surface area contributed by atoms with E-state index in [4.69, 9.17) is 4.74 Å². The Labute approximate surface area is 126 Å². The molecule has 0 aromatic carbocycles. The molecule has 2 amide bonds. The lowest BCUT2D eigenvalue weighted by Gasteiger charge is -2.35. The molecule has 0 saturated carbocycles. The van der Waals surface area contributed by atoms with Crippen molar-refractivity contribution in [3.05, 3.63) is 0 Å². The molecule has 120 valence electrons. The highest BCUT2D eigenvalue weighted by molar-refractivity contribution is 5.87. The smallest absolute Gasteiger partial charge is 0.248 e. The summed E-state index contributed by atoms with van der Waals surface area (Å²) in [7, 11) is 1.53. The van der Waals surface area contributed by atoms with Crippen LogP contribution in [0.25, 0.3) is 0 Å². The molecule has 0 aromatic heterocycles. The van der Waals surface area contributed by atoms with Crippen LogP contribution >= 0.6 is 0 Å². The van der Waals surface area contributed by atoms with Gasteiger partial charge in [0.1, 0.15) is 6.61 Å². The predicted molar refractivity (Wildman–Crippen MR) is 79.9 cm³/mol. The van der Waals surface area contributed by atoms with Gasteiger partial charge in [0, 0.05) is 26.2 Å². The van der Waals surface area contributed by atoms with Crippen molar-refractivity contribution in [1.82, 2.24) is 15.5 Å². The van der Waals surface area contributed by atoms with Crippen LogP contribution in [-0.2, 0) is 14.3 Å². The molecule has 2 fully saturated rings. The lowest BCUT2D eigenvalue weighted by Crippen LogP contribution is -2.57. The van der Waals surface area contributed by atoms with Gasteiger partial charge in [-0.15, -0.1) is 0 Å². The van der Waals surface area contributed by atoms with Crippen LogP contribution in [0.3, 0.4) is 0 Å². The number of likely N-dealkylation sites (tertiary alicyclic amines) is 1. The molecule has 0 bridgehead atoms. The van der Waals surface area contributed by atoms with Crippen LogP contribution < -0.4 is 10.6 Å². The summed E-state index contributed by atoms with van der Waals surface area (Å²) >= 11 is 0. The molecule has 2 saturated heterocycles. The van der Waals surface area contributed by atoms with Crippen LogP contribution in [0.4, 0.5) is 0 Å². The number of ether oxygens (including phenoxy) is 1. The van der Waals surface area contributed by atoms with Gasteiger partial charge in [-0.1, -0.05) is 6.92 Å².